The second-order valence-electron chi connectivity index (χ2n) is 7.63. The van der Waals surface area contributed by atoms with Gasteiger partial charge in [0, 0.05) is 25.7 Å². The van der Waals surface area contributed by atoms with E-state index in [0.29, 0.717) is 6.04 Å². The summed E-state index contributed by atoms with van der Waals surface area (Å²) in [5.41, 5.74) is 6.82. The molecule has 24 heavy (non-hydrogen) atoms. The lowest BCUT2D eigenvalue weighted by Gasteiger charge is -2.35. The van der Waals surface area contributed by atoms with Crippen molar-refractivity contribution in [2.45, 2.75) is 63.8 Å². The lowest BCUT2D eigenvalue weighted by Crippen LogP contribution is -2.41. The number of nitrogens with two attached hydrogens (primary N) is 1. The van der Waals surface area contributed by atoms with Crippen LogP contribution in [0.15, 0.2) is 18.2 Å². The number of nitrogens with one attached hydrogen (secondary N) is 1. The molecule has 1 aliphatic heterocycles. The molecule has 1 aliphatic carbocycles. The Bertz CT molecular complexity index is 504. The minimum Gasteiger partial charge on any atom is -0.395 e. The van der Waals surface area contributed by atoms with Gasteiger partial charge in [-0.05, 0) is 43.7 Å². The molecule has 0 amide bonds. The van der Waals surface area contributed by atoms with Gasteiger partial charge in [0.2, 0.25) is 0 Å². The molecule has 1 saturated carbocycles. The highest BCUT2D eigenvalue weighted by Gasteiger charge is 2.22. The van der Waals surface area contributed by atoms with Gasteiger partial charge in [0.1, 0.15) is 5.82 Å². The van der Waals surface area contributed by atoms with Crippen molar-refractivity contribution >= 4 is 11.4 Å². The monoisotopic (exact) mass is 333 g/mol. The van der Waals surface area contributed by atoms with Gasteiger partial charge in [-0.15, -0.1) is 0 Å². The van der Waals surface area contributed by atoms with Crippen molar-refractivity contribution in [3.63, 3.8) is 0 Å². The van der Waals surface area contributed by atoms with Gasteiger partial charge in [-0.2, -0.15) is 0 Å². The molecule has 0 bridgehead atoms. The fourth-order valence-electron chi connectivity index (χ4n) is 4.23. The third kappa shape index (κ3) is 4.85. The Morgan fingerprint density at radius 3 is 2.38 bits per heavy atom. The molecule has 1 aromatic carbocycles. The van der Waals surface area contributed by atoms with Crippen LogP contribution in [-0.4, -0.2) is 30.6 Å². The van der Waals surface area contributed by atoms with Crippen LogP contribution in [-0.2, 0) is 0 Å². The first-order valence-corrected chi connectivity index (χ1v) is 9.75. The van der Waals surface area contributed by atoms with Gasteiger partial charge in [-0.3, -0.25) is 0 Å². The first-order chi connectivity index (χ1) is 11.7. The summed E-state index contributed by atoms with van der Waals surface area (Å²) in [5.74, 6) is 0.565. The van der Waals surface area contributed by atoms with Crippen LogP contribution in [0.1, 0.15) is 57.8 Å². The second-order valence-corrected chi connectivity index (χ2v) is 7.63. The molecular formula is C20H32FN3. The van der Waals surface area contributed by atoms with Crippen LogP contribution in [0.5, 0.6) is 0 Å². The summed E-state index contributed by atoms with van der Waals surface area (Å²) in [7, 11) is 0. The first-order valence-electron chi connectivity index (χ1n) is 9.75. The summed E-state index contributed by atoms with van der Waals surface area (Å²) in [6.07, 6.45) is 12.2. The zero-order valence-electron chi connectivity index (χ0n) is 14.8. The molecule has 0 unspecified atom stereocenters. The van der Waals surface area contributed by atoms with Crippen molar-refractivity contribution in [3.8, 4) is 0 Å². The number of rotatable bonds is 4. The van der Waals surface area contributed by atoms with Gasteiger partial charge in [0.25, 0.3) is 0 Å². The Hall–Kier alpha value is -1.29. The molecule has 0 spiro atoms. The average Bonchev–Trinajstić information content (AvgIpc) is 2.56. The number of anilines is 2. The molecule has 2 fully saturated rings. The van der Waals surface area contributed by atoms with E-state index in [2.05, 4.69) is 10.2 Å². The topological polar surface area (TPSA) is 41.3 Å². The van der Waals surface area contributed by atoms with Gasteiger partial charge >= 0.3 is 0 Å². The summed E-state index contributed by atoms with van der Waals surface area (Å²) in [4.78, 5) is 2.64. The molecule has 2 aliphatic rings. The standard InChI is InChI=1S/C20H32FN3/c21-18-9-6-10-19(20(18)22)23-17-11-13-24(14-12-17)15-16-7-4-2-1-3-5-8-16/h6,9-10,16-17,23H,1-5,7-8,11-15,22H2. The van der Waals surface area contributed by atoms with Crippen molar-refractivity contribution in [1.29, 1.82) is 0 Å². The van der Waals surface area contributed by atoms with E-state index < -0.39 is 0 Å². The van der Waals surface area contributed by atoms with Crippen LogP contribution in [0.3, 0.4) is 0 Å². The molecule has 4 heteroatoms. The Labute approximate surface area is 145 Å². The number of likely N-dealkylation sites (tertiary alicyclic amines) is 1. The summed E-state index contributed by atoms with van der Waals surface area (Å²) >= 11 is 0. The Morgan fingerprint density at radius 2 is 1.67 bits per heavy atom. The highest BCUT2D eigenvalue weighted by molar-refractivity contribution is 5.66. The Kier molecular flexibility index (Phi) is 6.36. The average molecular weight is 333 g/mol. The maximum Gasteiger partial charge on any atom is 0.148 e. The van der Waals surface area contributed by atoms with Crippen molar-refractivity contribution in [2.24, 2.45) is 5.92 Å². The maximum absolute atomic E-state index is 13.5. The molecule has 0 atom stereocenters. The highest BCUT2D eigenvalue weighted by atomic mass is 19.1. The number of benzene rings is 1. The highest BCUT2D eigenvalue weighted by Crippen LogP contribution is 2.26. The Morgan fingerprint density at radius 1 is 1.00 bits per heavy atom. The van der Waals surface area contributed by atoms with Crippen molar-refractivity contribution in [3.05, 3.63) is 24.0 Å². The fourth-order valence-corrected chi connectivity index (χ4v) is 4.23. The van der Waals surface area contributed by atoms with E-state index in [4.69, 9.17) is 5.73 Å². The molecule has 1 aromatic rings. The van der Waals surface area contributed by atoms with Crippen molar-refractivity contribution in [1.82, 2.24) is 4.90 Å². The minimum atomic E-state index is -0.332. The summed E-state index contributed by atoms with van der Waals surface area (Å²) in [6.45, 7) is 3.56. The number of hydrogen-bond donors (Lipinski definition) is 2. The van der Waals surface area contributed by atoms with E-state index in [1.54, 1.807) is 6.07 Å². The van der Waals surface area contributed by atoms with Crippen LogP contribution in [0.4, 0.5) is 15.8 Å². The van der Waals surface area contributed by atoms with Gasteiger partial charge < -0.3 is 16.0 Å². The zero-order valence-corrected chi connectivity index (χ0v) is 14.8. The number of para-hydroxylation sites is 1. The largest absolute Gasteiger partial charge is 0.395 e. The van der Waals surface area contributed by atoms with Gasteiger partial charge in [0.05, 0.1) is 11.4 Å². The van der Waals surface area contributed by atoms with Gasteiger partial charge in [-0.1, -0.05) is 38.2 Å². The lowest BCUT2D eigenvalue weighted by molar-refractivity contribution is 0.173. The quantitative estimate of drug-likeness (QED) is 0.788. The molecule has 1 saturated heterocycles. The number of hydrogen-bond acceptors (Lipinski definition) is 3. The lowest BCUT2D eigenvalue weighted by atomic mass is 9.90. The van der Waals surface area contributed by atoms with E-state index in [0.717, 1.165) is 37.5 Å². The van der Waals surface area contributed by atoms with E-state index in [1.165, 1.54) is 57.6 Å². The molecule has 0 radical (unpaired) electrons. The van der Waals surface area contributed by atoms with Gasteiger partial charge in [-0.25, -0.2) is 4.39 Å². The number of piperidine rings is 1. The van der Waals surface area contributed by atoms with E-state index >= 15 is 0 Å². The van der Waals surface area contributed by atoms with Gasteiger partial charge in [0.15, 0.2) is 0 Å². The maximum atomic E-state index is 13.5. The van der Waals surface area contributed by atoms with E-state index in [1.807, 2.05) is 6.07 Å². The predicted octanol–water partition coefficient (Wildman–Crippen LogP) is 4.64. The Balaban J connectivity index is 1.44. The van der Waals surface area contributed by atoms with E-state index in [-0.39, 0.29) is 11.5 Å². The zero-order chi connectivity index (χ0) is 16.8. The molecule has 134 valence electrons. The van der Waals surface area contributed by atoms with E-state index in [9.17, 15) is 4.39 Å². The minimum absolute atomic E-state index is 0.245. The van der Waals surface area contributed by atoms with Crippen molar-refractivity contribution in [2.75, 3.05) is 30.7 Å². The third-order valence-corrected chi connectivity index (χ3v) is 5.74. The van der Waals surface area contributed by atoms with Crippen LogP contribution >= 0.6 is 0 Å². The normalized spacial score (nSPS) is 22.0. The smallest absolute Gasteiger partial charge is 0.148 e. The van der Waals surface area contributed by atoms with Crippen LogP contribution in [0.2, 0.25) is 0 Å². The first kappa shape index (κ1) is 17.5. The third-order valence-electron chi connectivity index (χ3n) is 5.74. The number of nitrogens with zero attached hydrogens (tertiary/aromatic N) is 1. The molecule has 3 N–H and O–H groups in total. The molecule has 1 heterocycles. The molecule has 3 nitrogen and oxygen atoms in total. The summed E-state index contributed by atoms with van der Waals surface area (Å²) in [5, 5.41) is 3.44. The summed E-state index contributed by atoms with van der Waals surface area (Å²) in [6, 6.07) is 5.41. The SMILES string of the molecule is Nc1c(F)cccc1NC1CCN(CC2CCCCCCC2)CC1. The summed E-state index contributed by atoms with van der Waals surface area (Å²) < 4.78 is 13.5. The fraction of sp³-hybridized carbons (Fsp3) is 0.700. The van der Waals surface area contributed by atoms with Crippen LogP contribution in [0.25, 0.3) is 0 Å². The predicted molar refractivity (Wildman–Crippen MR) is 99.7 cm³/mol. The number of nitrogen functional groups attached to an aromatic ring is 1. The molecular weight excluding hydrogens is 301 g/mol. The van der Waals surface area contributed by atoms with Crippen LogP contribution < -0.4 is 11.1 Å². The molecule has 3 rings (SSSR count). The molecule has 0 aromatic heterocycles. The van der Waals surface area contributed by atoms with Crippen LogP contribution in [0, 0.1) is 11.7 Å². The second kappa shape index (κ2) is 8.70. The van der Waals surface area contributed by atoms with Crippen molar-refractivity contribution < 1.29 is 4.39 Å². The number of halogens is 1.